The topological polar surface area (TPSA) is 74.0 Å². The predicted molar refractivity (Wildman–Crippen MR) is 61.3 cm³/mol. The van der Waals surface area contributed by atoms with Gasteiger partial charge in [0.2, 0.25) is 0 Å². The molecule has 0 radical (unpaired) electrons. The Kier molecular flexibility index (Phi) is 2.84. The molecule has 0 atom stereocenters. The van der Waals surface area contributed by atoms with Crippen LogP contribution >= 0.6 is 0 Å². The van der Waals surface area contributed by atoms with Gasteiger partial charge in [-0.2, -0.15) is 5.26 Å². The Morgan fingerprint density at radius 3 is 2.65 bits per heavy atom. The highest BCUT2D eigenvalue weighted by Gasteiger charge is 2.04. The second kappa shape index (κ2) is 4.45. The van der Waals surface area contributed by atoms with Crippen LogP contribution in [-0.2, 0) is 0 Å². The minimum Gasteiger partial charge on any atom is -0.478 e. The summed E-state index contributed by atoms with van der Waals surface area (Å²) in [5.74, 6) is -0.964. The molecule has 0 saturated heterocycles. The standard InChI is InChI=1S/C13H8N2O2/c14-7-12-5-4-11(8-15-12)9-2-1-3-10(6-9)13(16)17/h1-6,8H,(H,16,17). The number of carbonyl (C=O) groups is 1. The smallest absolute Gasteiger partial charge is 0.335 e. The highest BCUT2D eigenvalue weighted by Crippen LogP contribution is 2.19. The van der Waals surface area contributed by atoms with Crippen molar-refractivity contribution in [3.63, 3.8) is 0 Å². The maximum absolute atomic E-state index is 10.8. The predicted octanol–water partition coefficient (Wildman–Crippen LogP) is 2.32. The second-order valence-corrected chi connectivity index (χ2v) is 3.43. The van der Waals surface area contributed by atoms with E-state index in [0.29, 0.717) is 5.69 Å². The van der Waals surface area contributed by atoms with Crippen LogP contribution in [0, 0.1) is 11.3 Å². The zero-order chi connectivity index (χ0) is 12.3. The van der Waals surface area contributed by atoms with E-state index in [2.05, 4.69) is 4.98 Å². The van der Waals surface area contributed by atoms with Crippen LogP contribution in [0.2, 0.25) is 0 Å². The van der Waals surface area contributed by atoms with E-state index in [0.717, 1.165) is 11.1 Å². The molecule has 0 saturated carbocycles. The molecule has 2 rings (SSSR count). The molecule has 0 aliphatic heterocycles. The summed E-state index contributed by atoms with van der Waals surface area (Å²) < 4.78 is 0. The van der Waals surface area contributed by atoms with Crippen LogP contribution in [0.5, 0.6) is 0 Å². The zero-order valence-corrected chi connectivity index (χ0v) is 8.79. The molecule has 82 valence electrons. The maximum Gasteiger partial charge on any atom is 0.335 e. The number of carboxylic acids is 1. The van der Waals surface area contributed by atoms with Crippen LogP contribution in [0.15, 0.2) is 42.6 Å². The number of aromatic nitrogens is 1. The normalized spacial score (nSPS) is 9.59. The first-order chi connectivity index (χ1) is 8.20. The third-order valence-electron chi connectivity index (χ3n) is 2.32. The van der Waals surface area contributed by atoms with E-state index in [1.165, 1.54) is 6.07 Å². The van der Waals surface area contributed by atoms with Gasteiger partial charge in [0.05, 0.1) is 5.56 Å². The minimum atomic E-state index is -0.964. The fourth-order valence-corrected chi connectivity index (χ4v) is 1.46. The molecule has 0 aliphatic carbocycles. The molecular weight excluding hydrogens is 216 g/mol. The Bertz CT molecular complexity index is 598. The first kappa shape index (κ1) is 10.8. The van der Waals surface area contributed by atoms with Gasteiger partial charge < -0.3 is 5.11 Å². The van der Waals surface area contributed by atoms with Gasteiger partial charge in [-0.05, 0) is 29.8 Å². The third kappa shape index (κ3) is 2.29. The highest BCUT2D eigenvalue weighted by molar-refractivity contribution is 5.89. The van der Waals surface area contributed by atoms with Crippen LogP contribution in [0.3, 0.4) is 0 Å². The number of benzene rings is 1. The Hall–Kier alpha value is -2.67. The van der Waals surface area contributed by atoms with E-state index in [-0.39, 0.29) is 5.56 Å². The number of pyridine rings is 1. The molecule has 0 unspecified atom stereocenters. The largest absolute Gasteiger partial charge is 0.478 e. The van der Waals surface area contributed by atoms with Crippen LogP contribution in [0.1, 0.15) is 16.1 Å². The molecule has 2 aromatic rings. The number of hydrogen-bond donors (Lipinski definition) is 1. The van der Waals surface area contributed by atoms with Gasteiger partial charge in [0.15, 0.2) is 0 Å². The average molecular weight is 224 g/mol. The van der Waals surface area contributed by atoms with Crippen molar-refractivity contribution in [1.29, 1.82) is 5.26 Å². The van der Waals surface area contributed by atoms with Crippen molar-refractivity contribution in [2.24, 2.45) is 0 Å². The van der Waals surface area contributed by atoms with E-state index in [1.807, 2.05) is 6.07 Å². The van der Waals surface area contributed by atoms with Crippen LogP contribution in [0.25, 0.3) is 11.1 Å². The molecule has 1 aromatic carbocycles. The highest BCUT2D eigenvalue weighted by atomic mass is 16.4. The number of nitrogens with zero attached hydrogens (tertiary/aromatic N) is 2. The van der Waals surface area contributed by atoms with Crippen molar-refractivity contribution in [1.82, 2.24) is 4.98 Å². The summed E-state index contributed by atoms with van der Waals surface area (Å²) in [6.07, 6.45) is 1.56. The fourth-order valence-electron chi connectivity index (χ4n) is 1.46. The van der Waals surface area contributed by atoms with E-state index >= 15 is 0 Å². The van der Waals surface area contributed by atoms with Crippen molar-refractivity contribution in [2.45, 2.75) is 0 Å². The molecule has 0 spiro atoms. The van der Waals surface area contributed by atoms with Gasteiger partial charge >= 0.3 is 5.97 Å². The molecule has 1 aromatic heterocycles. The van der Waals surface area contributed by atoms with Crippen molar-refractivity contribution in [2.75, 3.05) is 0 Å². The first-order valence-corrected chi connectivity index (χ1v) is 4.90. The molecule has 1 N–H and O–H groups in total. The second-order valence-electron chi connectivity index (χ2n) is 3.43. The first-order valence-electron chi connectivity index (χ1n) is 4.90. The molecule has 1 heterocycles. The lowest BCUT2D eigenvalue weighted by Crippen LogP contribution is -1.95. The third-order valence-corrected chi connectivity index (χ3v) is 2.32. The molecule has 4 nitrogen and oxygen atoms in total. The lowest BCUT2D eigenvalue weighted by molar-refractivity contribution is 0.0697. The van der Waals surface area contributed by atoms with Gasteiger partial charge in [-0.1, -0.05) is 12.1 Å². The molecule has 0 bridgehead atoms. The van der Waals surface area contributed by atoms with Crippen molar-refractivity contribution < 1.29 is 9.90 Å². The van der Waals surface area contributed by atoms with Crippen molar-refractivity contribution in [3.8, 4) is 17.2 Å². The van der Waals surface area contributed by atoms with Gasteiger partial charge in [-0.25, -0.2) is 9.78 Å². The van der Waals surface area contributed by atoms with Crippen molar-refractivity contribution >= 4 is 5.97 Å². The maximum atomic E-state index is 10.8. The summed E-state index contributed by atoms with van der Waals surface area (Å²) in [5.41, 5.74) is 2.11. The SMILES string of the molecule is N#Cc1ccc(-c2cccc(C(=O)O)c2)cn1. The molecule has 0 fully saturated rings. The minimum absolute atomic E-state index is 0.229. The number of nitriles is 1. The summed E-state index contributed by atoms with van der Waals surface area (Å²) in [6, 6.07) is 11.9. The van der Waals surface area contributed by atoms with Crippen molar-refractivity contribution in [3.05, 3.63) is 53.9 Å². The Morgan fingerprint density at radius 1 is 1.24 bits per heavy atom. The van der Waals surface area contributed by atoms with E-state index < -0.39 is 5.97 Å². The zero-order valence-electron chi connectivity index (χ0n) is 8.79. The summed E-state index contributed by atoms with van der Waals surface area (Å²) >= 11 is 0. The fraction of sp³-hybridized carbons (Fsp3) is 0. The van der Waals surface area contributed by atoms with Gasteiger partial charge in [-0.3, -0.25) is 0 Å². The van der Waals surface area contributed by atoms with Gasteiger partial charge in [0.25, 0.3) is 0 Å². The van der Waals surface area contributed by atoms with Gasteiger partial charge in [0.1, 0.15) is 11.8 Å². The number of aromatic carboxylic acids is 1. The number of hydrogen-bond acceptors (Lipinski definition) is 3. The Labute approximate surface area is 97.8 Å². The Balaban J connectivity index is 2.42. The lowest BCUT2D eigenvalue weighted by atomic mass is 10.0. The summed E-state index contributed by atoms with van der Waals surface area (Å²) in [5, 5.41) is 17.5. The molecule has 4 heteroatoms. The lowest BCUT2D eigenvalue weighted by Gasteiger charge is -2.02. The number of carboxylic acid groups (broad SMARTS) is 1. The van der Waals surface area contributed by atoms with E-state index in [1.54, 1.807) is 36.5 Å². The summed E-state index contributed by atoms with van der Waals surface area (Å²) in [4.78, 5) is 14.8. The summed E-state index contributed by atoms with van der Waals surface area (Å²) in [7, 11) is 0. The summed E-state index contributed by atoms with van der Waals surface area (Å²) in [6.45, 7) is 0. The quantitative estimate of drug-likeness (QED) is 0.849. The molecule has 0 aliphatic rings. The van der Waals surface area contributed by atoms with Crippen LogP contribution in [-0.4, -0.2) is 16.1 Å². The van der Waals surface area contributed by atoms with Gasteiger partial charge in [-0.15, -0.1) is 0 Å². The van der Waals surface area contributed by atoms with Gasteiger partial charge in [0, 0.05) is 11.8 Å². The van der Waals surface area contributed by atoms with Crippen LogP contribution < -0.4 is 0 Å². The molecule has 0 amide bonds. The average Bonchev–Trinajstić information content (AvgIpc) is 2.39. The van der Waals surface area contributed by atoms with E-state index in [9.17, 15) is 4.79 Å². The van der Waals surface area contributed by atoms with E-state index in [4.69, 9.17) is 10.4 Å². The Morgan fingerprint density at radius 2 is 2.06 bits per heavy atom. The number of rotatable bonds is 2. The van der Waals surface area contributed by atoms with Crippen LogP contribution in [0.4, 0.5) is 0 Å². The molecular formula is C13H8N2O2. The monoisotopic (exact) mass is 224 g/mol. The molecule has 17 heavy (non-hydrogen) atoms.